The number of benzene rings is 1. The minimum absolute atomic E-state index is 0.0420. The molecule has 0 spiro atoms. The number of hydrogen-bond acceptors (Lipinski definition) is 3. The van der Waals surface area contributed by atoms with Crippen LogP contribution in [-0.4, -0.2) is 21.0 Å². The Bertz CT molecular complexity index is 783. The van der Waals surface area contributed by atoms with E-state index >= 15 is 0 Å². The number of nitrogens with one attached hydrogen (secondary N) is 1. The first-order valence-corrected chi connectivity index (χ1v) is 5.86. The van der Waals surface area contributed by atoms with Crippen LogP contribution < -0.4 is 0 Å². The van der Waals surface area contributed by atoms with Crippen molar-refractivity contribution in [2.45, 2.75) is 13.8 Å². The molecule has 1 aromatic carbocycles. The molecule has 0 saturated carbocycles. The molecule has 5 heteroatoms. The van der Waals surface area contributed by atoms with Gasteiger partial charge in [0.1, 0.15) is 5.76 Å². The molecule has 3 rings (SSSR count). The first-order valence-electron chi connectivity index (χ1n) is 5.86. The maximum atomic E-state index is 11.0. The number of hydrogen-bond donors (Lipinski definition) is 2. The highest BCUT2D eigenvalue weighted by atomic mass is 16.4. The molecule has 2 heterocycles. The van der Waals surface area contributed by atoms with Crippen LogP contribution in [0.5, 0.6) is 0 Å². The van der Waals surface area contributed by atoms with Crippen molar-refractivity contribution < 1.29 is 14.3 Å². The Hall–Kier alpha value is -2.56. The average molecular weight is 256 g/mol. The number of carbonyl (C=O) groups is 1. The van der Waals surface area contributed by atoms with E-state index in [-0.39, 0.29) is 5.69 Å². The summed E-state index contributed by atoms with van der Waals surface area (Å²) < 4.78 is 5.50. The Morgan fingerprint density at radius 2 is 2.05 bits per heavy atom. The normalized spacial score (nSPS) is 11.1. The quantitative estimate of drug-likeness (QED) is 0.738. The summed E-state index contributed by atoms with van der Waals surface area (Å²) in [7, 11) is 0. The second-order valence-electron chi connectivity index (χ2n) is 4.40. The fourth-order valence-electron chi connectivity index (χ4n) is 2.25. The van der Waals surface area contributed by atoms with Crippen molar-refractivity contribution in [3.8, 4) is 11.5 Å². The number of rotatable bonds is 2. The van der Waals surface area contributed by atoms with Gasteiger partial charge in [-0.2, -0.15) is 0 Å². The summed E-state index contributed by atoms with van der Waals surface area (Å²) in [6.07, 6.45) is 0. The predicted octanol–water partition coefficient (Wildman–Crippen LogP) is 3.14. The van der Waals surface area contributed by atoms with Crippen molar-refractivity contribution in [3.63, 3.8) is 0 Å². The number of carboxylic acid groups (broad SMARTS) is 1. The molecule has 96 valence electrons. The third kappa shape index (κ3) is 1.71. The van der Waals surface area contributed by atoms with Gasteiger partial charge in [0.15, 0.2) is 5.69 Å². The van der Waals surface area contributed by atoms with E-state index < -0.39 is 5.97 Å². The van der Waals surface area contributed by atoms with Crippen LogP contribution in [-0.2, 0) is 0 Å². The SMILES string of the molecule is Cc1[nH]c2ccccc2c1-c1nc(C(=O)O)c(C)o1. The Balaban J connectivity index is 2.27. The van der Waals surface area contributed by atoms with E-state index in [9.17, 15) is 4.79 Å². The summed E-state index contributed by atoms with van der Waals surface area (Å²) in [5.74, 6) is -0.429. The third-order valence-corrected chi connectivity index (χ3v) is 3.11. The van der Waals surface area contributed by atoms with Crippen LogP contribution in [0.15, 0.2) is 28.7 Å². The zero-order valence-corrected chi connectivity index (χ0v) is 10.5. The Morgan fingerprint density at radius 1 is 1.32 bits per heavy atom. The zero-order valence-electron chi connectivity index (χ0n) is 10.5. The molecule has 0 amide bonds. The van der Waals surface area contributed by atoms with Gasteiger partial charge in [-0.05, 0) is 19.9 Å². The van der Waals surface area contributed by atoms with Gasteiger partial charge in [-0.25, -0.2) is 9.78 Å². The van der Waals surface area contributed by atoms with E-state index in [4.69, 9.17) is 9.52 Å². The molecular formula is C14H12N2O3. The van der Waals surface area contributed by atoms with Crippen LogP contribution in [0.2, 0.25) is 0 Å². The summed E-state index contributed by atoms with van der Waals surface area (Å²) in [5.41, 5.74) is 2.65. The predicted molar refractivity (Wildman–Crippen MR) is 70.2 cm³/mol. The third-order valence-electron chi connectivity index (χ3n) is 3.11. The number of aromatic amines is 1. The van der Waals surface area contributed by atoms with Crippen molar-refractivity contribution in [2.24, 2.45) is 0 Å². The molecule has 0 fully saturated rings. The number of oxazole rings is 1. The number of carboxylic acids is 1. The maximum Gasteiger partial charge on any atom is 0.358 e. The van der Waals surface area contributed by atoms with Gasteiger partial charge in [-0.15, -0.1) is 0 Å². The summed E-state index contributed by atoms with van der Waals surface area (Å²) >= 11 is 0. The molecule has 0 atom stereocenters. The average Bonchev–Trinajstić information content (AvgIpc) is 2.88. The maximum absolute atomic E-state index is 11.0. The van der Waals surface area contributed by atoms with E-state index in [1.807, 2.05) is 31.2 Å². The number of fused-ring (bicyclic) bond motifs is 1. The lowest BCUT2D eigenvalue weighted by Crippen LogP contribution is -1.98. The van der Waals surface area contributed by atoms with E-state index in [2.05, 4.69) is 9.97 Å². The van der Waals surface area contributed by atoms with Crippen LogP contribution in [0.25, 0.3) is 22.4 Å². The van der Waals surface area contributed by atoms with E-state index in [1.54, 1.807) is 6.92 Å². The van der Waals surface area contributed by atoms with Gasteiger partial charge in [0.2, 0.25) is 5.89 Å². The first kappa shape index (κ1) is 11.5. The Kier molecular flexibility index (Phi) is 2.41. The number of aromatic nitrogens is 2. The molecule has 3 aromatic rings. The van der Waals surface area contributed by atoms with Gasteiger partial charge in [0, 0.05) is 16.6 Å². The highest BCUT2D eigenvalue weighted by Gasteiger charge is 2.20. The van der Waals surface area contributed by atoms with E-state index in [1.165, 1.54) is 0 Å². The first-order chi connectivity index (χ1) is 9.08. The standard InChI is InChI=1S/C14H12N2O3/c1-7-11(9-5-3-4-6-10(9)15-7)13-16-12(14(17)18)8(2)19-13/h3-6,15H,1-2H3,(H,17,18). The van der Waals surface area contributed by atoms with Crippen molar-refractivity contribution >= 4 is 16.9 Å². The number of aromatic carboxylic acids is 1. The monoisotopic (exact) mass is 256 g/mol. The smallest absolute Gasteiger partial charge is 0.358 e. The van der Waals surface area contributed by atoms with Crippen LogP contribution in [0.1, 0.15) is 21.9 Å². The fourth-order valence-corrected chi connectivity index (χ4v) is 2.25. The molecule has 5 nitrogen and oxygen atoms in total. The highest BCUT2D eigenvalue weighted by molar-refractivity contribution is 5.96. The Morgan fingerprint density at radius 3 is 2.74 bits per heavy atom. The minimum atomic E-state index is -1.08. The Labute approximate surface area is 108 Å². The summed E-state index contributed by atoms with van der Waals surface area (Å²) in [6, 6.07) is 7.77. The molecule has 0 unspecified atom stereocenters. The molecule has 0 aliphatic rings. The van der Waals surface area contributed by atoms with Crippen molar-refractivity contribution in [3.05, 3.63) is 41.4 Å². The summed E-state index contributed by atoms with van der Waals surface area (Å²) in [5, 5.41) is 10.00. The van der Waals surface area contributed by atoms with Crippen molar-refractivity contribution in [2.75, 3.05) is 0 Å². The molecule has 0 aliphatic carbocycles. The second kappa shape index (κ2) is 3.98. The number of H-pyrrole nitrogens is 1. The number of para-hydroxylation sites is 1. The molecule has 2 N–H and O–H groups in total. The molecule has 0 bridgehead atoms. The highest BCUT2D eigenvalue weighted by Crippen LogP contribution is 2.32. The van der Waals surface area contributed by atoms with E-state index in [0.29, 0.717) is 11.7 Å². The molecular weight excluding hydrogens is 244 g/mol. The van der Waals surface area contributed by atoms with Crippen LogP contribution >= 0.6 is 0 Å². The summed E-state index contributed by atoms with van der Waals surface area (Å²) in [4.78, 5) is 18.3. The van der Waals surface area contributed by atoms with Crippen molar-refractivity contribution in [1.29, 1.82) is 0 Å². The van der Waals surface area contributed by atoms with Crippen LogP contribution in [0.3, 0.4) is 0 Å². The van der Waals surface area contributed by atoms with Gasteiger partial charge in [-0.1, -0.05) is 18.2 Å². The molecule has 0 saturated heterocycles. The zero-order chi connectivity index (χ0) is 13.6. The lowest BCUT2D eigenvalue weighted by atomic mass is 10.1. The van der Waals surface area contributed by atoms with Gasteiger partial charge >= 0.3 is 5.97 Å². The largest absolute Gasteiger partial charge is 0.476 e. The fraction of sp³-hybridized carbons (Fsp3) is 0.143. The lowest BCUT2D eigenvalue weighted by molar-refractivity contribution is 0.0689. The van der Waals surface area contributed by atoms with E-state index in [0.717, 1.165) is 22.2 Å². The van der Waals surface area contributed by atoms with Gasteiger partial charge in [0.25, 0.3) is 0 Å². The number of aryl methyl sites for hydroxylation is 2. The van der Waals surface area contributed by atoms with Gasteiger partial charge in [0.05, 0.1) is 5.56 Å². The molecule has 19 heavy (non-hydrogen) atoms. The van der Waals surface area contributed by atoms with Crippen LogP contribution in [0, 0.1) is 13.8 Å². The van der Waals surface area contributed by atoms with Crippen molar-refractivity contribution in [1.82, 2.24) is 9.97 Å². The summed E-state index contributed by atoms with van der Waals surface area (Å²) in [6.45, 7) is 3.51. The number of nitrogens with zero attached hydrogens (tertiary/aromatic N) is 1. The second-order valence-corrected chi connectivity index (χ2v) is 4.40. The molecule has 2 aromatic heterocycles. The molecule has 0 radical (unpaired) electrons. The minimum Gasteiger partial charge on any atom is -0.476 e. The van der Waals surface area contributed by atoms with Gasteiger partial charge < -0.3 is 14.5 Å². The van der Waals surface area contributed by atoms with Crippen LogP contribution in [0.4, 0.5) is 0 Å². The lowest BCUT2D eigenvalue weighted by Gasteiger charge is -1.94. The topological polar surface area (TPSA) is 79.1 Å². The molecule has 0 aliphatic heterocycles. The van der Waals surface area contributed by atoms with Gasteiger partial charge in [-0.3, -0.25) is 0 Å².